The van der Waals surface area contributed by atoms with E-state index in [-0.39, 0.29) is 18.0 Å². The number of benzene rings is 1. The third kappa shape index (κ3) is 2.77. The molecule has 2 atom stereocenters. The summed E-state index contributed by atoms with van der Waals surface area (Å²) in [5.74, 6) is -4.31. The number of hydrogen-bond acceptors (Lipinski definition) is 2. The quantitative estimate of drug-likeness (QED) is 0.618. The number of carbonyl (C=O) groups excluding carboxylic acids is 1. The number of nitrogens with zero attached hydrogens (tertiary/aromatic N) is 1. The Bertz CT molecular complexity index is 579. The largest absolute Gasteiger partial charge is 0.481 e. The first kappa shape index (κ1) is 15.1. The van der Waals surface area contributed by atoms with Gasteiger partial charge in [-0.25, -0.2) is 8.78 Å². The van der Waals surface area contributed by atoms with Gasteiger partial charge in [0.15, 0.2) is 11.6 Å². The minimum atomic E-state index is -1.09. The fourth-order valence-corrected chi connectivity index (χ4v) is 2.97. The van der Waals surface area contributed by atoms with E-state index in [2.05, 4.69) is 0 Å². The summed E-state index contributed by atoms with van der Waals surface area (Å²) in [4.78, 5) is 24.7. The highest BCUT2D eigenvalue weighted by Gasteiger charge is 2.37. The third-order valence-corrected chi connectivity index (χ3v) is 4.35. The van der Waals surface area contributed by atoms with Crippen LogP contribution in [0.25, 0.3) is 0 Å². The highest BCUT2D eigenvalue weighted by atomic mass is 127. The monoisotopic (exact) mass is 395 g/mol. The van der Waals surface area contributed by atoms with Gasteiger partial charge in [-0.2, -0.15) is 0 Å². The van der Waals surface area contributed by atoms with E-state index in [4.69, 9.17) is 5.11 Å². The average Bonchev–Trinajstić information content (AvgIpc) is 2.75. The van der Waals surface area contributed by atoms with E-state index < -0.39 is 29.4 Å². The maximum atomic E-state index is 13.2. The molecule has 1 amide bonds. The Morgan fingerprint density at radius 2 is 1.90 bits per heavy atom. The van der Waals surface area contributed by atoms with Crippen LogP contribution in [0.5, 0.6) is 0 Å². The van der Waals surface area contributed by atoms with Crippen molar-refractivity contribution in [3.05, 3.63) is 32.9 Å². The number of halogens is 3. The lowest BCUT2D eigenvalue weighted by Crippen LogP contribution is -2.30. The normalized spacial score (nSPS) is 22.1. The Labute approximate surface area is 127 Å². The van der Waals surface area contributed by atoms with Crippen molar-refractivity contribution in [1.29, 1.82) is 0 Å². The molecule has 1 aliphatic rings. The molecule has 2 rings (SSSR count). The summed E-state index contributed by atoms with van der Waals surface area (Å²) in [5.41, 5.74) is 0.0581. The minimum Gasteiger partial charge on any atom is -0.481 e. The zero-order valence-corrected chi connectivity index (χ0v) is 12.7. The van der Waals surface area contributed by atoms with Gasteiger partial charge in [-0.3, -0.25) is 9.59 Å². The summed E-state index contributed by atoms with van der Waals surface area (Å²) in [5, 5.41) is 9.04. The fourth-order valence-electron chi connectivity index (χ4n) is 2.31. The number of carbonyl (C=O) groups is 2. The van der Waals surface area contributed by atoms with Crippen molar-refractivity contribution in [3.63, 3.8) is 0 Å². The van der Waals surface area contributed by atoms with Gasteiger partial charge in [-0.1, -0.05) is 6.92 Å². The lowest BCUT2D eigenvalue weighted by Gasteiger charge is -2.17. The standard InChI is InChI=1S/C13H12F2INO3/c1-6-4-17(5-8(6)13(19)20)12(18)7-2-9(14)10(15)3-11(7)16/h2-3,6,8H,4-5H2,1H3,(H,19,20)/t6-,8-/m1/s1. The molecule has 0 spiro atoms. The van der Waals surface area contributed by atoms with E-state index in [1.165, 1.54) is 4.90 Å². The summed E-state index contributed by atoms with van der Waals surface area (Å²) >= 11 is 1.76. The van der Waals surface area contributed by atoms with Gasteiger partial charge < -0.3 is 10.0 Å². The zero-order chi connectivity index (χ0) is 15.0. The molecule has 1 fully saturated rings. The molecule has 1 saturated heterocycles. The van der Waals surface area contributed by atoms with Gasteiger partial charge in [-0.15, -0.1) is 0 Å². The molecular weight excluding hydrogens is 383 g/mol. The SMILES string of the molecule is C[C@@H]1CN(C(=O)c2cc(F)c(F)cc2I)C[C@H]1C(=O)O. The Morgan fingerprint density at radius 3 is 2.45 bits per heavy atom. The lowest BCUT2D eigenvalue weighted by atomic mass is 9.99. The maximum Gasteiger partial charge on any atom is 0.308 e. The molecule has 0 aromatic heterocycles. The van der Waals surface area contributed by atoms with Crippen molar-refractivity contribution in [2.24, 2.45) is 11.8 Å². The molecule has 20 heavy (non-hydrogen) atoms. The van der Waals surface area contributed by atoms with Gasteiger partial charge in [0.25, 0.3) is 5.91 Å². The second-order valence-corrected chi connectivity index (χ2v) is 6.04. The first-order chi connectivity index (χ1) is 9.31. The van der Waals surface area contributed by atoms with Crippen molar-refractivity contribution in [2.45, 2.75) is 6.92 Å². The Morgan fingerprint density at radius 1 is 1.30 bits per heavy atom. The van der Waals surface area contributed by atoms with Gasteiger partial charge in [0, 0.05) is 16.7 Å². The summed E-state index contributed by atoms with van der Waals surface area (Å²) in [7, 11) is 0. The number of carboxylic acid groups (broad SMARTS) is 1. The van der Waals surface area contributed by atoms with Crippen molar-refractivity contribution < 1.29 is 23.5 Å². The third-order valence-electron chi connectivity index (χ3n) is 3.46. The van der Waals surface area contributed by atoms with E-state index >= 15 is 0 Å². The highest BCUT2D eigenvalue weighted by molar-refractivity contribution is 14.1. The molecule has 4 nitrogen and oxygen atoms in total. The number of hydrogen-bond donors (Lipinski definition) is 1. The Kier molecular flexibility index (Phi) is 4.26. The Balaban J connectivity index is 2.25. The van der Waals surface area contributed by atoms with Crippen molar-refractivity contribution in [1.82, 2.24) is 4.90 Å². The maximum absolute atomic E-state index is 13.2. The minimum absolute atomic E-state index is 0.0581. The van der Waals surface area contributed by atoms with Gasteiger partial charge in [0.05, 0.1) is 11.5 Å². The first-order valence-corrected chi connectivity index (χ1v) is 7.05. The van der Waals surface area contributed by atoms with Gasteiger partial charge in [0.2, 0.25) is 0 Å². The van der Waals surface area contributed by atoms with E-state index in [1.54, 1.807) is 29.5 Å². The Hall–Kier alpha value is -1.25. The topological polar surface area (TPSA) is 57.6 Å². The second-order valence-electron chi connectivity index (χ2n) is 4.88. The van der Waals surface area contributed by atoms with Crippen LogP contribution in [0, 0.1) is 27.0 Å². The highest BCUT2D eigenvalue weighted by Crippen LogP contribution is 2.26. The zero-order valence-electron chi connectivity index (χ0n) is 10.6. The van der Waals surface area contributed by atoms with Crippen LogP contribution in [0.1, 0.15) is 17.3 Å². The number of amides is 1. The molecule has 0 saturated carbocycles. The van der Waals surface area contributed by atoms with Crippen molar-refractivity contribution in [2.75, 3.05) is 13.1 Å². The van der Waals surface area contributed by atoms with Gasteiger partial charge in [0.1, 0.15) is 0 Å². The average molecular weight is 395 g/mol. The molecule has 1 N–H and O–H groups in total. The van der Waals surface area contributed by atoms with Crippen molar-refractivity contribution in [3.8, 4) is 0 Å². The van der Waals surface area contributed by atoms with Gasteiger partial charge >= 0.3 is 5.97 Å². The molecule has 0 bridgehead atoms. The van der Waals surface area contributed by atoms with Crippen LogP contribution in [0.2, 0.25) is 0 Å². The second kappa shape index (κ2) is 5.63. The van der Waals surface area contributed by atoms with Crippen LogP contribution in [-0.2, 0) is 4.79 Å². The predicted octanol–water partition coefficient (Wildman–Crippen LogP) is 2.36. The number of likely N-dealkylation sites (tertiary alicyclic amines) is 1. The molecule has 1 aromatic rings. The number of rotatable bonds is 2. The summed E-state index contributed by atoms with van der Waals surface area (Å²) in [6.07, 6.45) is 0. The predicted molar refractivity (Wildman–Crippen MR) is 75.3 cm³/mol. The van der Waals surface area contributed by atoms with E-state index in [1.807, 2.05) is 0 Å². The molecule has 0 unspecified atom stereocenters. The molecule has 1 heterocycles. The van der Waals surface area contributed by atoms with Crippen LogP contribution in [0.15, 0.2) is 12.1 Å². The molecule has 108 valence electrons. The molecule has 0 radical (unpaired) electrons. The summed E-state index contributed by atoms with van der Waals surface area (Å²) in [6, 6.07) is 1.81. The first-order valence-electron chi connectivity index (χ1n) is 5.98. The van der Waals surface area contributed by atoms with Crippen LogP contribution < -0.4 is 0 Å². The van der Waals surface area contributed by atoms with Crippen LogP contribution in [-0.4, -0.2) is 35.0 Å². The number of carboxylic acids is 1. The van der Waals surface area contributed by atoms with E-state index in [0.29, 0.717) is 10.1 Å². The molecule has 7 heteroatoms. The number of aliphatic carboxylic acids is 1. The fraction of sp³-hybridized carbons (Fsp3) is 0.385. The van der Waals surface area contributed by atoms with Crippen LogP contribution in [0.3, 0.4) is 0 Å². The molecular formula is C13H12F2INO3. The van der Waals surface area contributed by atoms with Gasteiger partial charge in [-0.05, 0) is 40.6 Å². The van der Waals surface area contributed by atoms with Crippen molar-refractivity contribution >= 4 is 34.5 Å². The van der Waals surface area contributed by atoms with E-state index in [0.717, 1.165) is 12.1 Å². The smallest absolute Gasteiger partial charge is 0.308 e. The molecule has 1 aliphatic heterocycles. The summed E-state index contributed by atoms with van der Waals surface area (Å²) in [6.45, 7) is 2.14. The molecule has 1 aromatic carbocycles. The van der Waals surface area contributed by atoms with Crippen LogP contribution in [0.4, 0.5) is 8.78 Å². The van der Waals surface area contributed by atoms with Crippen LogP contribution >= 0.6 is 22.6 Å². The van der Waals surface area contributed by atoms with E-state index in [9.17, 15) is 18.4 Å². The molecule has 0 aliphatic carbocycles. The summed E-state index contributed by atoms with van der Waals surface area (Å²) < 4.78 is 26.6. The lowest BCUT2D eigenvalue weighted by molar-refractivity contribution is -0.142.